The van der Waals surface area contributed by atoms with Gasteiger partial charge in [-0.15, -0.1) is 12.4 Å². The number of aromatic nitrogens is 1. The Bertz CT molecular complexity index is 912. The zero-order valence-electron chi connectivity index (χ0n) is 17.8. The van der Waals surface area contributed by atoms with E-state index in [0.29, 0.717) is 18.7 Å². The van der Waals surface area contributed by atoms with Gasteiger partial charge >= 0.3 is 0 Å². The van der Waals surface area contributed by atoms with Crippen LogP contribution < -0.4 is 9.64 Å². The summed E-state index contributed by atoms with van der Waals surface area (Å²) in [6.45, 7) is 4.18. The predicted molar refractivity (Wildman–Crippen MR) is 129 cm³/mol. The molecule has 0 aliphatic rings. The van der Waals surface area contributed by atoms with Gasteiger partial charge in [-0.25, -0.2) is 4.98 Å². The van der Waals surface area contributed by atoms with E-state index in [-0.39, 0.29) is 18.3 Å². The quantitative estimate of drug-likeness (QED) is 0.385. The van der Waals surface area contributed by atoms with E-state index in [1.807, 2.05) is 62.6 Å². The summed E-state index contributed by atoms with van der Waals surface area (Å²) in [6.07, 6.45) is 3.33. The van der Waals surface area contributed by atoms with Crippen LogP contribution in [0, 0.1) is 0 Å². The van der Waals surface area contributed by atoms with Gasteiger partial charge in [0, 0.05) is 18.7 Å². The maximum absolute atomic E-state index is 13.4. The third kappa shape index (κ3) is 6.42. The number of unbranched alkanes of at least 4 members (excludes halogenated alkanes) is 2. The van der Waals surface area contributed by atoms with Crippen molar-refractivity contribution in [1.29, 1.82) is 0 Å². The Morgan fingerprint density at radius 2 is 1.87 bits per heavy atom. The van der Waals surface area contributed by atoms with Crippen molar-refractivity contribution < 1.29 is 9.53 Å². The van der Waals surface area contributed by atoms with Gasteiger partial charge < -0.3 is 9.64 Å². The van der Waals surface area contributed by atoms with Gasteiger partial charge in [0.2, 0.25) is 0 Å². The summed E-state index contributed by atoms with van der Waals surface area (Å²) < 4.78 is 6.92. The highest BCUT2D eigenvalue weighted by molar-refractivity contribution is 7.22. The molecule has 0 unspecified atom stereocenters. The first-order valence-electron chi connectivity index (χ1n) is 10.1. The van der Waals surface area contributed by atoms with Crippen molar-refractivity contribution in [2.24, 2.45) is 0 Å². The van der Waals surface area contributed by atoms with Gasteiger partial charge in [0.25, 0.3) is 5.91 Å². The van der Waals surface area contributed by atoms with Crippen molar-refractivity contribution in [3.63, 3.8) is 0 Å². The van der Waals surface area contributed by atoms with E-state index >= 15 is 0 Å². The number of hydrogen-bond donors (Lipinski definition) is 0. The molecule has 0 spiro atoms. The average Bonchev–Trinajstić information content (AvgIpc) is 3.15. The summed E-state index contributed by atoms with van der Waals surface area (Å²) >= 11 is 1.55. The number of para-hydroxylation sites is 1. The molecular weight excluding hydrogens is 418 g/mol. The van der Waals surface area contributed by atoms with E-state index in [2.05, 4.69) is 11.8 Å². The fourth-order valence-electron chi connectivity index (χ4n) is 2.98. The lowest BCUT2D eigenvalue weighted by molar-refractivity contribution is 0.0984. The molecule has 1 aromatic heterocycles. The molecule has 0 fully saturated rings. The molecule has 2 aromatic carbocycles. The predicted octanol–water partition coefficient (Wildman–Crippen LogP) is 5.50. The van der Waals surface area contributed by atoms with Gasteiger partial charge in [-0.2, -0.15) is 0 Å². The van der Waals surface area contributed by atoms with Gasteiger partial charge in [0.1, 0.15) is 5.75 Å². The first kappa shape index (κ1) is 24.1. The highest BCUT2D eigenvalue weighted by atomic mass is 35.5. The first-order chi connectivity index (χ1) is 14.1. The standard InChI is InChI=1S/C23H29N3O2S.ClH/c1-4-5-8-16-28-19-11-9-10-18(17-19)22(27)26(15-14-25(2)3)23-24-20-12-6-7-13-21(20)29-23;/h6-7,9-13,17H,4-5,8,14-16H2,1-3H3;1H. The molecule has 0 bridgehead atoms. The summed E-state index contributed by atoms with van der Waals surface area (Å²) in [5.74, 6) is 0.689. The molecule has 5 nitrogen and oxygen atoms in total. The van der Waals surface area contributed by atoms with Crippen LogP contribution in [-0.2, 0) is 0 Å². The number of carbonyl (C=O) groups excluding carboxylic acids is 1. The number of carbonyl (C=O) groups is 1. The molecule has 0 radical (unpaired) electrons. The summed E-state index contributed by atoms with van der Waals surface area (Å²) in [5, 5.41) is 0.729. The Morgan fingerprint density at radius 1 is 1.07 bits per heavy atom. The minimum absolute atomic E-state index is 0. The lowest BCUT2D eigenvalue weighted by Gasteiger charge is -2.22. The Labute approximate surface area is 189 Å². The first-order valence-corrected chi connectivity index (χ1v) is 10.9. The lowest BCUT2D eigenvalue weighted by atomic mass is 10.2. The van der Waals surface area contributed by atoms with Gasteiger partial charge in [0.05, 0.1) is 16.8 Å². The number of benzene rings is 2. The van der Waals surface area contributed by atoms with Crippen LogP contribution in [0.3, 0.4) is 0 Å². The van der Waals surface area contributed by atoms with Crippen molar-refractivity contribution in [2.75, 3.05) is 38.7 Å². The third-order valence-electron chi connectivity index (χ3n) is 4.63. The van der Waals surface area contributed by atoms with Crippen LogP contribution in [0.1, 0.15) is 36.5 Å². The van der Waals surface area contributed by atoms with Crippen LogP contribution in [0.4, 0.5) is 5.13 Å². The van der Waals surface area contributed by atoms with Crippen LogP contribution >= 0.6 is 23.7 Å². The van der Waals surface area contributed by atoms with E-state index in [9.17, 15) is 4.79 Å². The molecule has 30 heavy (non-hydrogen) atoms. The lowest BCUT2D eigenvalue weighted by Crippen LogP contribution is -2.36. The summed E-state index contributed by atoms with van der Waals surface area (Å²) in [5.41, 5.74) is 1.54. The van der Waals surface area contributed by atoms with Crippen molar-refractivity contribution in [2.45, 2.75) is 26.2 Å². The number of ether oxygens (including phenoxy) is 1. The second kappa shape index (κ2) is 11.9. The van der Waals surface area contributed by atoms with Crippen molar-refractivity contribution in [1.82, 2.24) is 9.88 Å². The maximum Gasteiger partial charge on any atom is 0.260 e. The molecule has 0 saturated heterocycles. The number of rotatable bonds is 10. The van der Waals surface area contributed by atoms with E-state index < -0.39 is 0 Å². The zero-order chi connectivity index (χ0) is 20.6. The smallest absolute Gasteiger partial charge is 0.260 e. The minimum Gasteiger partial charge on any atom is -0.494 e. The van der Waals surface area contributed by atoms with Crippen LogP contribution in [-0.4, -0.2) is 49.6 Å². The fraction of sp³-hybridized carbons (Fsp3) is 0.391. The molecule has 0 aliphatic heterocycles. The maximum atomic E-state index is 13.4. The van der Waals surface area contributed by atoms with E-state index in [4.69, 9.17) is 9.72 Å². The molecule has 0 atom stereocenters. The highest BCUT2D eigenvalue weighted by Gasteiger charge is 2.21. The number of anilines is 1. The van der Waals surface area contributed by atoms with Crippen molar-refractivity contribution in [3.8, 4) is 5.75 Å². The molecular formula is C23H30ClN3O2S. The van der Waals surface area contributed by atoms with E-state index in [1.165, 1.54) is 0 Å². The molecule has 1 amide bonds. The molecule has 3 aromatic rings. The molecule has 0 N–H and O–H groups in total. The SMILES string of the molecule is CCCCCOc1cccc(C(=O)N(CCN(C)C)c2nc3ccccc3s2)c1.Cl. The second-order valence-corrected chi connectivity index (χ2v) is 8.32. The number of thiazole rings is 1. The fourth-order valence-corrected chi connectivity index (χ4v) is 3.97. The van der Waals surface area contributed by atoms with Crippen LogP contribution in [0.5, 0.6) is 5.75 Å². The molecule has 7 heteroatoms. The number of hydrogen-bond acceptors (Lipinski definition) is 5. The topological polar surface area (TPSA) is 45.7 Å². The monoisotopic (exact) mass is 447 g/mol. The minimum atomic E-state index is -0.0510. The Hall–Kier alpha value is -2.15. The van der Waals surface area contributed by atoms with Gasteiger partial charge in [-0.05, 0) is 50.8 Å². The summed E-state index contributed by atoms with van der Waals surface area (Å²) in [4.78, 5) is 21.9. The van der Waals surface area contributed by atoms with Gasteiger partial charge in [-0.1, -0.05) is 49.3 Å². The normalized spacial score (nSPS) is 10.8. The van der Waals surface area contributed by atoms with E-state index in [1.54, 1.807) is 16.2 Å². The van der Waals surface area contributed by atoms with Crippen molar-refractivity contribution >= 4 is 45.0 Å². The van der Waals surface area contributed by atoms with Crippen LogP contribution in [0.15, 0.2) is 48.5 Å². The largest absolute Gasteiger partial charge is 0.494 e. The van der Waals surface area contributed by atoms with E-state index in [0.717, 1.165) is 46.9 Å². The molecule has 3 rings (SSSR count). The highest BCUT2D eigenvalue weighted by Crippen LogP contribution is 2.30. The average molecular weight is 448 g/mol. The molecule has 0 aliphatic carbocycles. The number of likely N-dealkylation sites (N-methyl/N-ethyl adjacent to an activating group) is 1. The molecule has 162 valence electrons. The Morgan fingerprint density at radius 3 is 2.60 bits per heavy atom. The number of nitrogens with zero attached hydrogens (tertiary/aromatic N) is 3. The number of fused-ring (bicyclic) bond motifs is 1. The number of amides is 1. The van der Waals surface area contributed by atoms with Crippen LogP contribution in [0.25, 0.3) is 10.2 Å². The zero-order valence-corrected chi connectivity index (χ0v) is 19.5. The number of halogens is 1. The second-order valence-electron chi connectivity index (χ2n) is 7.31. The third-order valence-corrected chi connectivity index (χ3v) is 5.69. The summed E-state index contributed by atoms with van der Waals surface area (Å²) in [6, 6.07) is 15.5. The van der Waals surface area contributed by atoms with Crippen LogP contribution in [0.2, 0.25) is 0 Å². The van der Waals surface area contributed by atoms with Gasteiger partial charge in [-0.3, -0.25) is 9.69 Å². The van der Waals surface area contributed by atoms with Crippen molar-refractivity contribution in [3.05, 3.63) is 54.1 Å². The van der Waals surface area contributed by atoms with Gasteiger partial charge in [0.15, 0.2) is 5.13 Å². The Balaban J connectivity index is 0.00000320. The molecule has 0 saturated carbocycles. The Kier molecular flexibility index (Phi) is 9.56. The molecule has 1 heterocycles. The summed E-state index contributed by atoms with van der Waals surface area (Å²) in [7, 11) is 4.01.